The smallest absolute Gasteiger partial charge is 0.346 e. The van der Waals surface area contributed by atoms with Gasteiger partial charge in [0, 0.05) is 17.1 Å². The highest BCUT2D eigenvalue weighted by atomic mass is 32.2. The number of nitrogens with zero attached hydrogens (tertiary/aromatic N) is 1. The van der Waals surface area contributed by atoms with Crippen molar-refractivity contribution in [3.05, 3.63) is 40.9 Å². The van der Waals surface area contributed by atoms with Gasteiger partial charge in [0.1, 0.15) is 9.28 Å². The highest BCUT2D eigenvalue weighted by molar-refractivity contribution is 8.40. The summed E-state index contributed by atoms with van der Waals surface area (Å²) in [6, 6.07) is 8.60. The molecule has 3 N–H and O–H groups in total. The molecule has 2 amide bonds. The number of hydrazine groups is 1. The first kappa shape index (κ1) is 18.2. The molecule has 1 aliphatic rings. The second kappa shape index (κ2) is 9.24. The zero-order chi connectivity index (χ0) is 17.4. The highest BCUT2D eigenvalue weighted by Crippen LogP contribution is 2.30. The van der Waals surface area contributed by atoms with Crippen LogP contribution in [0.15, 0.2) is 45.9 Å². The van der Waals surface area contributed by atoms with Gasteiger partial charge in [-0.2, -0.15) is 0 Å². The standard InChI is InChI=1S/C15H18N4O3S2/c1-10(12(13(20)22-2)24-15-16-8-9-23-15)18-19-14(21)17-11-6-4-3-5-7-11/h3-7,18H,8-9H2,1-2H3,(H2,17,19,21)/b12-10+. The second-order valence-corrected chi connectivity index (χ2v) is 6.96. The molecule has 1 aliphatic heterocycles. The van der Waals surface area contributed by atoms with Crippen molar-refractivity contribution in [1.29, 1.82) is 0 Å². The number of ether oxygens (including phenoxy) is 1. The summed E-state index contributed by atoms with van der Waals surface area (Å²) in [6.07, 6.45) is 0. The van der Waals surface area contributed by atoms with Crippen LogP contribution in [0.4, 0.5) is 10.5 Å². The van der Waals surface area contributed by atoms with E-state index in [1.807, 2.05) is 18.2 Å². The average Bonchev–Trinajstić information content (AvgIpc) is 3.11. The van der Waals surface area contributed by atoms with E-state index < -0.39 is 12.0 Å². The maximum absolute atomic E-state index is 11.9. The molecule has 0 saturated heterocycles. The number of esters is 1. The van der Waals surface area contributed by atoms with Crippen molar-refractivity contribution in [3.8, 4) is 0 Å². The van der Waals surface area contributed by atoms with Crippen LogP contribution in [0.5, 0.6) is 0 Å². The van der Waals surface area contributed by atoms with E-state index in [2.05, 4.69) is 21.2 Å². The van der Waals surface area contributed by atoms with Gasteiger partial charge >= 0.3 is 12.0 Å². The summed E-state index contributed by atoms with van der Waals surface area (Å²) >= 11 is 2.82. The summed E-state index contributed by atoms with van der Waals surface area (Å²) in [5.74, 6) is 0.423. The van der Waals surface area contributed by atoms with Crippen molar-refractivity contribution in [2.75, 3.05) is 24.7 Å². The fourth-order valence-electron chi connectivity index (χ4n) is 1.72. The molecule has 0 unspecified atom stereocenters. The number of methoxy groups -OCH3 is 1. The number of amides is 2. The molecule has 0 saturated carbocycles. The Kier molecular flexibility index (Phi) is 7.01. The Hall–Kier alpha value is -2.13. The van der Waals surface area contributed by atoms with E-state index in [0.29, 0.717) is 16.3 Å². The van der Waals surface area contributed by atoms with Gasteiger partial charge in [-0.15, -0.1) is 0 Å². The first-order valence-electron chi connectivity index (χ1n) is 7.12. The lowest BCUT2D eigenvalue weighted by Crippen LogP contribution is -2.39. The predicted octanol–water partition coefficient (Wildman–Crippen LogP) is 2.55. The molecule has 7 nitrogen and oxygen atoms in total. The zero-order valence-electron chi connectivity index (χ0n) is 13.3. The topological polar surface area (TPSA) is 91.8 Å². The van der Waals surface area contributed by atoms with E-state index in [0.717, 1.165) is 16.7 Å². The molecule has 0 spiro atoms. The van der Waals surface area contributed by atoms with Crippen molar-refractivity contribution in [3.63, 3.8) is 0 Å². The maximum atomic E-state index is 11.9. The van der Waals surface area contributed by atoms with Crippen LogP contribution in [0.3, 0.4) is 0 Å². The van der Waals surface area contributed by atoms with E-state index in [1.54, 1.807) is 30.8 Å². The molecule has 0 aliphatic carbocycles. The van der Waals surface area contributed by atoms with E-state index in [1.165, 1.54) is 18.9 Å². The monoisotopic (exact) mass is 366 g/mol. The largest absolute Gasteiger partial charge is 0.465 e. The van der Waals surface area contributed by atoms with Gasteiger partial charge in [-0.05, 0) is 19.1 Å². The average molecular weight is 366 g/mol. The summed E-state index contributed by atoms with van der Waals surface area (Å²) in [5.41, 5.74) is 6.35. The predicted molar refractivity (Wildman–Crippen MR) is 98.8 cm³/mol. The molecule has 1 aromatic rings. The molecule has 24 heavy (non-hydrogen) atoms. The lowest BCUT2D eigenvalue weighted by molar-refractivity contribution is -0.135. The summed E-state index contributed by atoms with van der Waals surface area (Å²) < 4.78 is 5.61. The minimum atomic E-state index is -0.481. The van der Waals surface area contributed by atoms with Crippen LogP contribution in [-0.2, 0) is 9.53 Å². The van der Waals surface area contributed by atoms with Gasteiger partial charge in [0.15, 0.2) is 0 Å². The van der Waals surface area contributed by atoms with Gasteiger partial charge in [0.05, 0.1) is 13.7 Å². The third-order valence-electron chi connectivity index (χ3n) is 2.85. The minimum Gasteiger partial charge on any atom is -0.465 e. The summed E-state index contributed by atoms with van der Waals surface area (Å²) in [4.78, 5) is 28.5. The van der Waals surface area contributed by atoms with E-state index >= 15 is 0 Å². The Morgan fingerprint density at radius 1 is 1.25 bits per heavy atom. The van der Waals surface area contributed by atoms with Gasteiger partial charge in [-0.1, -0.05) is 41.7 Å². The molecule has 0 atom stereocenters. The van der Waals surface area contributed by atoms with Gasteiger partial charge in [0.2, 0.25) is 0 Å². The molecule has 9 heteroatoms. The van der Waals surface area contributed by atoms with Gasteiger partial charge < -0.3 is 15.5 Å². The molecule has 0 fully saturated rings. The third-order valence-corrected chi connectivity index (χ3v) is 5.20. The lowest BCUT2D eigenvalue weighted by atomic mass is 10.3. The van der Waals surface area contributed by atoms with Crippen LogP contribution in [0, 0.1) is 0 Å². The van der Waals surface area contributed by atoms with Crippen LogP contribution >= 0.6 is 23.5 Å². The van der Waals surface area contributed by atoms with Crippen LogP contribution in [0.1, 0.15) is 6.92 Å². The molecule has 0 radical (unpaired) electrons. The summed E-state index contributed by atoms with van der Waals surface area (Å²) in [6.45, 7) is 2.42. The van der Waals surface area contributed by atoms with Crippen molar-refractivity contribution < 1.29 is 14.3 Å². The number of carbonyl (C=O) groups excluding carboxylic acids is 2. The number of nitrogens with one attached hydrogen (secondary N) is 3. The number of urea groups is 1. The SMILES string of the molecule is COC(=O)/C(SC1=NCCS1)=C(/C)NNC(=O)Nc1ccccc1. The first-order valence-corrected chi connectivity index (χ1v) is 8.92. The number of anilines is 1. The molecule has 0 bridgehead atoms. The molecule has 2 rings (SSSR count). The number of hydrogen-bond donors (Lipinski definition) is 3. The van der Waals surface area contributed by atoms with E-state index in [-0.39, 0.29) is 0 Å². The zero-order valence-corrected chi connectivity index (χ0v) is 14.9. The van der Waals surface area contributed by atoms with Gasteiger partial charge in [0.25, 0.3) is 0 Å². The molecule has 128 valence electrons. The van der Waals surface area contributed by atoms with Gasteiger partial charge in [-0.3, -0.25) is 10.4 Å². The summed E-state index contributed by atoms with van der Waals surface area (Å²) in [7, 11) is 1.31. The number of hydrogen-bond acceptors (Lipinski definition) is 7. The maximum Gasteiger partial charge on any atom is 0.346 e. The number of carbonyl (C=O) groups is 2. The fourth-order valence-corrected chi connectivity index (χ4v) is 3.70. The van der Waals surface area contributed by atoms with E-state index in [9.17, 15) is 9.59 Å². The normalized spacial score (nSPS) is 14.3. The number of benzene rings is 1. The van der Waals surface area contributed by atoms with Crippen LogP contribution < -0.4 is 16.2 Å². The molecule has 1 heterocycles. The fraction of sp³-hybridized carbons (Fsp3) is 0.267. The Labute approximate surface area is 148 Å². The van der Waals surface area contributed by atoms with Crippen molar-refractivity contribution in [2.24, 2.45) is 4.99 Å². The van der Waals surface area contributed by atoms with Crippen molar-refractivity contribution >= 4 is 45.6 Å². The van der Waals surface area contributed by atoms with Gasteiger partial charge in [-0.25, -0.2) is 9.59 Å². The Morgan fingerprint density at radius 3 is 2.62 bits per heavy atom. The molecular formula is C15H18N4O3S2. The second-order valence-electron chi connectivity index (χ2n) is 4.61. The van der Waals surface area contributed by atoms with Crippen molar-refractivity contribution in [1.82, 2.24) is 10.9 Å². The number of thioether (sulfide) groups is 2. The molecular weight excluding hydrogens is 348 g/mol. The number of rotatable bonds is 5. The van der Waals surface area contributed by atoms with Crippen LogP contribution in [-0.4, -0.2) is 35.8 Å². The lowest BCUT2D eigenvalue weighted by Gasteiger charge is -2.13. The quantitative estimate of drug-likeness (QED) is 0.421. The van der Waals surface area contributed by atoms with Crippen LogP contribution in [0.25, 0.3) is 0 Å². The molecule has 1 aromatic carbocycles. The highest BCUT2D eigenvalue weighted by Gasteiger charge is 2.20. The Morgan fingerprint density at radius 2 is 2.00 bits per heavy atom. The van der Waals surface area contributed by atoms with Crippen LogP contribution in [0.2, 0.25) is 0 Å². The summed E-state index contributed by atoms with van der Waals surface area (Å²) in [5, 5.41) is 2.67. The first-order chi connectivity index (χ1) is 11.6. The Balaban J connectivity index is 1.96. The van der Waals surface area contributed by atoms with Crippen molar-refractivity contribution in [2.45, 2.75) is 6.92 Å². The van der Waals surface area contributed by atoms with E-state index in [4.69, 9.17) is 4.74 Å². The Bertz CT molecular complexity index is 662. The molecule has 0 aromatic heterocycles. The third kappa shape index (κ3) is 5.50. The minimum absolute atomic E-state index is 0.352. The number of para-hydroxylation sites is 1. The number of aliphatic imine (C=N–C) groups is 1. The number of allylic oxidation sites excluding steroid dienone is 1.